The standard InChI is InChI=1S/C16H13ClF3N3O3/c1-25-8-23-13-4-10(17)6-21-14(13)22-15(23)12-5-11(26-16(18,19)20)3-2-9(12)7-24/h2-6,24H,7-8H2,1H3. The Kier molecular flexibility index (Phi) is 5.03. The summed E-state index contributed by atoms with van der Waals surface area (Å²) in [6.45, 7) is -0.338. The van der Waals surface area contributed by atoms with Gasteiger partial charge in [-0.2, -0.15) is 0 Å². The number of aliphatic hydroxyl groups excluding tert-OH is 1. The molecule has 0 aliphatic carbocycles. The SMILES string of the molecule is COCn1c(-c2cc(OC(F)(F)F)ccc2CO)nc2ncc(Cl)cc21. The Labute approximate surface area is 150 Å². The van der Waals surface area contributed by atoms with Gasteiger partial charge in [0.15, 0.2) is 5.65 Å². The van der Waals surface area contributed by atoms with E-state index in [9.17, 15) is 18.3 Å². The van der Waals surface area contributed by atoms with Crippen LogP contribution in [0.2, 0.25) is 5.02 Å². The highest BCUT2D eigenvalue weighted by Crippen LogP contribution is 2.33. The first-order valence-corrected chi connectivity index (χ1v) is 7.71. The minimum atomic E-state index is -4.83. The minimum Gasteiger partial charge on any atom is -0.406 e. The summed E-state index contributed by atoms with van der Waals surface area (Å²) in [4.78, 5) is 8.47. The highest BCUT2D eigenvalue weighted by molar-refractivity contribution is 6.31. The van der Waals surface area contributed by atoms with Crippen LogP contribution in [0.5, 0.6) is 5.75 Å². The van der Waals surface area contributed by atoms with Gasteiger partial charge in [-0.05, 0) is 23.8 Å². The lowest BCUT2D eigenvalue weighted by molar-refractivity contribution is -0.274. The largest absolute Gasteiger partial charge is 0.573 e. The number of alkyl halides is 3. The second-order valence-electron chi connectivity index (χ2n) is 5.30. The number of benzene rings is 1. The summed E-state index contributed by atoms with van der Waals surface area (Å²) in [6.07, 6.45) is -3.42. The highest BCUT2D eigenvalue weighted by Gasteiger charge is 2.31. The van der Waals surface area contributed by atoms with E-state index >= 15 is 0 Å². The van der Waals surface area contributed by atoms with E-state index in [1.807, 2.05) is 0 Å². The summed E-state index contributed by atoms with van der Waals surface area (Å²) in [5.74, 6) is -0.153. The second kappa shape index (κ2) is 7.10. The van der Waals surface area contributed by atoms with Crippen LogP contribution in [-0.2, 0) is 18.1 Å². The zero-order valence-corrected chi connectivity index (χ0v) is 14.2. The smallest absolute Gasteiger partial charge is 0.406 e. The van der Waals surface area contributed by atoms with E-state index in [4.69, 9.17) is 16.3 Å². The molecule has 0 saturated heterocycles. The molecular formula is C16H13ClF3N3O3. The van der Waals surface area contributed by atoms with Crippen molar-refractivity contribution in [3.63, 3.8) is 0 Å². The first kappa shape index (κ1) is 18.4. The van der Waals surface area contributed by atoms with Crippen molar-refractivity contribution in [1.82, 2.24) is 14.5 Å². The molecule has 0 saturated carbocycles. The number of methoxy groups -OCH3 is 1. The summed E-state index contributed by atoms with van der Waals surface area (Å²) in [6, 6.07) is 5.25. The van der Waals surface area contributed by atoms with Crippen molar-refractivity contribution in [2.24, 2.45) is 0 Å². The van der Waals surface area contributed by atoms with Gasteiger partial charge in [-0.25, -0.2) is 9.97 Å². The molecule has 0 fully saturated rings. The molecule has 26 heavy (non-hydrogen) atoms. The monoisotopic (exact) mass is 387 g/mol. The molecular weight excluding hydrogens is 375 g/mol. The molecule has 10 heteroatoms. The van der Waals surface area contributed by atoms with Gasteiger partial charge in [0.25, 0.3) is 0 Å². The van der Waals surface area contributed by atoms with Gasteiger partial charge in [0.1, 0.15) is 18.3 Å². The molecule has 1 N–H and O–H groups in total. The number of hydrogen-bond acceptors (Lipinski definition) is 5. The van der Waals surface area contributed by atoms with E-state index in [1.54, 1.807) is 10.6 Å². The summed E-state index contributed by atoms with van der Waals surface area (Å²) < 4.78 is 48.3. The Morgan fingerprint density at radius 2 is 2.04 bits per heavy atom. The zero-order valence-electron chi connectivity index (χ0n) is 13.4. The number of hydrogen-bond donors (Lipinski definition) is 1. The van der Waals surface area contributed by atoms with Gasteiger partial charge in [-0.3, -0.25) is 4.57 Å². The van der Waals surface area contributed by atoms with Gasteiger partial charge >= 0.3 is 6.36 Å². The Morgan fingerprint density at radius 1 is 1.27 bits per heavy atom. The average molecular weight is 388 g/mol. The third-order valence-electron chi connectivity index (χ3n) is 3.56. The van der Waals surface area contributed by atoms with Crippen LogP contribution in [0.3, 0.4) is 0 Å². The normalized spacial score (nSPS) is 11.9. The van der Waals surface area contributed by atoms with E-state index in [-0.39, 0.29) is 18.1 Å². The van der Waals surface area contributed by atoms with Crippen LogP contribution in [0, 0.1) is 0 Å². The zero-order chi connectivity index (χ0) is 18.9. The lowest BCUT2D eigenvalue weighted by Gasteiger charge is -2.14. The molecule has 0 amide bonds. The van der Waals surface area contributed by atoms with E-state index < -0.39 is 18.7 Å². The lowest BCUT2D eigenvalue weighted by atomic mass is 10.1. The van der Waals surface area contributed by atoms with Crippen molar-refractivity contribution in [3.8, 4) is 17.1 Å². The average Bonchev–Trinajstić information content (AvgIpc) is 2.91. The third-order valence-corrected chi connectivity index (χ3v) is 3.76. The maximum atomic E-state index is 12.5. The number of pyridine rings is 1. The van der Waals surface area contributed by atoms with Gasteiger partial charge < -0.3 is 14.6 Å². The predicted octanol–water partition coefficient (Wildman–Crippen LogP) is 3.75. The Balaban J connectivity index is 2.21. The van der Waals surface area contributed by atoms with Crippen LogP contribution in [0.4, 0.5) is 13.2 Å². The first-order chi connectivity index (χ1) is 12.3. The summed E-state index contributed by atoms with van der Waals surface area (Å²) in [5.41, 5.74) is 1.52. The van der Waals surface area contributed by atoms with Crippen molar-refractivity contribution in [2.75, 3.05) is 7.11 Å². The number of imidazole rings is 1. The van der Waals surface area contributed by atoms with Crippen molar-refractivity contribution >= 4 is 22.8 Å². The molecule has 0 aliphatic rings. The summed E-state index contributed by atoms with van der Waals surface area (Å²) in [7, 11) is 1.46. The molecule has 0 atom stereocenters. The molecule has 2 heterocycles. The number of nitrogens with zero attached hydrogens (tertiary/aromatic N) is 3. The van der Waals surface area contributed by atoms with Crippen LogP contribution < -0.4 is 4.74 Å². The quantitative estimate of drug-likeness (QED) is 0.722. The first-order valence-electron chi connectivity index (χ1n) is 7.33. The maximum absolute atomic E-state index is 12.5. The van der Waals surface area contributed by atoms with Gasteiger partial charge in [0.05, 0.1) is 17.1 Å². The van der Waals surface area contributed by atoms with Crippen molar-refractivity contribution in [1.29, 1.82) is 0 Å². The van der Waals surface area contributed by atoms with Gasteiger partial charge in [0, 0.05) is 18.9 Å². The van der Waals surface area contributed by atoms with Crippen LogP contribution in [-0.4, -0.2) is 33.1 Å². The molecule has 6 nitrogen and oxygen atoms in total. The van der Waals surface area contributed by atoms with Crippen molar-refractivity contribution in [3.05, 3.63) is 41.0 Å². The summed E-state index contributed by atoms with van der Waals surface area (Å²) in [5, 5.41) is 9.95. The van der Waals surface area contributed by atoms with Crippen molar-refractivity contribution in [2.45, 2.75) is 19.7 Å². The Hall–Kier alpha value is -2.36. The maximum Gasteiger partial charge on any atom is 0.573 e. The van der Waals surface area contributed by atoms with Crippen LogP contribution in [0.1, 0.15) is 5.56 Å². The molecule has 2 aromatic heterocycles. The van der Waals surface area contributed by atoms with Crippen molar-refractivity contribution < 1.29 is 27.8 Å². The lowest BCUT2D eigenvalue weighted by Crippen LogP contribution is -2.17. The number of rotatable bonds is 5. The number of aliphatic hydroxyl groups is 1. The van der Waals surface area contributed by atoms with Gasteiger partial charge in [0.2, 0.25) is 0 Å². The molecule has 138 valence electrons. The van der Waals surface area contributed by atoms with Crippen LogP contribution in [0.15, 0.2) is 30.5 Å². The predicted molar refractivity (Wildman–Crippen MR) is 87.6 cm³/mol. The van der Waals surface area contributed by atoms with Crippen LogP contribution >= 0.6 is 11.6 Å². The molecule has 0 bridgehead atoms. The van der Waals surface area contributed by atoms with Gasteiger partial charge in [-0.15, -0.1) is 13.2 Å². The molecule has 0 radical (unpaired) electrons. The fraction of sp³-hybridized carbons (Fsp3) is 0.250. The van der Waals surface area contributed by atoms with E-state index in [1.165, 1.54) is 19.4 Å². The fourth-order valence-corrected chi connectivity index (χ4v) is 2.70. The third kappa shape index (κ3) is 3.74. The molecule has 0 aliphatic heterocycles. The van der Waals surface area contributed by atoms with Crippen LogP contribution in [0.25, 0.3) is 22.6 Å². The summed E-state index contributed by atoms with van der Waals surface area (Å²) >= 11 is 5.97. The molecule has 0 spiro atoms. The van der Waals surface area contributed by atoms with E-state index in [0.717, 1.165) is 12.1 Å². The van der Waals surface area contributed by atoms with E-state index in [2.05, 4.69) is 14.7 Å². The van der Waals surface area contributed by atoms with Gasteiger partial charge in [-0.1, -0.05) is 17.7 Å². The van der Waals surface area contributed by atoms with E-state index in [0.29, 0.717) is 21.7 Å². The number of aromatic nitrogens is 3. The molecule has 0 unspecified atom stereocenters. The number of ether oxygens (including phenoxy) is 2. The fourth-order valence-electron chi connectivity index (χ4n) is 2.55. The minimum absolute atomic E-state index is 0.0586. The highest BCUT2D eigenvalue weighted by atomic mass is 35.5. The molecule has 1 aromatic carbocycles. The number of halogens is 4. The number of fused-ring (bicyclic) bond motifs is 1. The molecule has 3 rings (SSSR count). The molecule has 3 aromatic rings. The topological polar surface area (TPSA) is 69.4 Å². The second-order valence-corrected chi connectivity index (χ2v) is 5.74. The Morgan fingerprint density at radius 3 is 2.69 bits per heavy atom. The Bertz CT molecular complexity index is 944.